The van der Waals surface area contributed by atoms with Gasteiger partial charge in [0, 0.05) is 22.2 Å². The quantitative estimate of drug-likeness (QED) is 0.111. The number of ether oxygens (including phenoxy) is 2. The van der Waals surface area contributed by atoms with Gasteiger partial charge in [0.1, 0.15) is 11.5 Å². The van der Waals surface area contributed by atoms with Crippen molar-refractivity contribution in [3.05, 3.63) is 104 Å². The van der Waals surface area contributed by atoms with Gasteiger partial charge in [-0.3, -0.25) is 14.9 Å². The van der Waals surface area contributed by atoms with Crippen LogP contribution in [0.4, 0.5) is 5.69 Å². The van der Waals surface area contributed by atoms with E-state index in [9.17, 15) is 19.7 Å². The molecule has 0 atom stereocenters. The van der Waals surface area contributed by atoms with Crippen LogP contribution in [0.2, 0.25) is 0 Å². The molecular formula is C23H16BrNO6. The zero-order chi connectivity index (χ0) is 22.4. The number of nitro benzene ring substituents is 1. The van der Waals surface area contributed by atoms with Crippen LogP contribution >= 0.6 is 15.9 Å². The lowest BCUT2D eigenvalue weighted by atomic mass is 10.1. The molecule has 3 aromatic carbocycles. The van der Waals surface area contributed by atoms with Crippen LogP contribution in [0.25, 0.3) is 6.08 Å². The number of para-hydroxylation sites is 1. The Morgan fingerprint density at radius 2 is 1.77 bits per heavy atom. The molecule has 0 fully saturated rings. The van der Waals surface area contributed by atoms with Gasteiger partial charge in [-0.25, -0.2) is 4.79 Å². The number of hydrogen-bond acceptors (Lipinski definition) is 6. The maximum atomic E-state index is 12.8. The first-order valence-corrected chi connectivity index (χ1v) is 9.80. The van der Waals surface area contributed by atoms with Gasteiger partial charge in [0.2, 0.25) is 0 Å². The van der Waals surface area contributed by atoms with E-state index in [1.807, 2.05) is 12.1 Å². The molecule has 0 saturated heterocycles. The highest BCUT2D eigenvalue weighted by Crippen LogP contribution is 2.26. The first-order chi connectivity index (χ1) is 14.9. The Hall–Kier alpha value is -3.78. The van der Waals surface area contributed by atoms with Crippen molar-refractivity contribution in [1.29, 1.82) is 0 Å². The van der Waals surface area contributed by atoms with E-state index in [0.29, 0.717) is 15.8 Å². The first kappa shape index (κ1) is 21.9. The fraction of sp³-hybridized carbons (Fsp3) is 0.0435. The molecule has 0 aliphatic carbocycles. The number of carbonyl (C=O) groups is 2. The molecule has 3 aromatic rings. The Bertz CT molecular complexity index is 1190. The minimum absolute atomic E-state index is 0.0000757. The summed E-state index contributed by atoms with van der Waals surface area (Å²) in [4.78, 5) is 35.7. The van der Waals surface area contributed by atoms with Crippen LogP contribution in [0.15, 0.2) is 77.3 Å². The standard InChI is InChI=1S/C23H16BrNO6/c1-30-21-8-3-2-5-15(21)9-11-20(26)19-14-17(24)10-12-22(19)31-23(27)16-6-4-7-18(13-16)25(28)29/h2-14H,1H3. The molecular weight excluding hydrogens is 466 g/mol. The Morgan fingerprint density at radius 3 is 2.52 bits per heavy atom. The summed E-state index contributed by atoms with van der Waals surface area (Å²) in [5.41, 5.74) is 0.629. The van der Waals surface area contributed by atoms with Crippen molar-refractivity contribution in [2.24, 2.45) is 0 Å². The largest absolute Gasteiger partial charge is 0.496 e. The topological polar surface area (TPSA) is 95.7 Å². The normalized spacial score (nSPS) is 10.6. The Balaban J connectivity index is 1.87. The van der Waals surface area contributed by atoms with Crippen molar-refractivity contribution >= 4 is 39.4 Å². The maximum Gasteiger partial charge on any atom is 0.343 e. The van der Waals surface area contributed by atoms with E-state index >= 15 is 0 Å². The van der Waals surface area contributed by atoms with E-state index in [1.54, 1.807) is 24.3 Å². The van der Waals surface area contributed by atoms with E-state index in [1.165, 1.54) is 43.5 Å². The van der Waals surface area contributed by atoms with Gasteiger partial charge in [0.05, 0.1) is 23.2 Å². The summed E-state index contributed by atoms with van der Waals surface area (Å²) in [6.07, 6.45) is 2.96. The highest BCUT2D eigenvalue weighted by atomic mass is 79.9. The van der Waals surface area contributed by atoms with Crippen molar-refractivity contribution in [3.8, 4) is 11.5 Å². The van der Waals surface area contributed by atoms with E-state index in [0.717, 1.165) is 6.07 Å². The Kier molecular flexibility index (Phi) is 6.94. The Labute approximate surface area is 186 Å². The second-order valence-electron chi connectivity index (χ2n) is 6.28. The highest BCUT2D eigenvalue weighted by molar-refractivity contribution is 9.10. The summed E-state index contributed by atoms with van der Waals surface area (Å²) in [5, 5.41) is 10.9. The number of halogens is 1. The van der Waals surface area contributed by atoms with Crippen LogP contribution in [0.3, 0.4) is 0 Å². The third-order valence-corrected chi connectivity index (χ3v) is 4.75. The molecule has 0 saturated carbocycles. The lowest BCUT2D eigenvalue weighted by Gasteiger charge is -2.09. The number of nitro groups is 1. The number of hydrogen-bond donors (Lipinski definition) is 0. The van der Waals surface area contributed by atoms with Crippen molar-refractivity contribution in [2.75, 3.05) is 7.11 Å². The van der Waals surface area contributed by atoms with Crippen LogP contribution in [0, 0.1) is 10.1 Å². The van der Waals surface area contributed by atoms with Crippen LogP contribution in [-0.4, -0.2) is 23.8 Å². The summed E-state index contributed by atoms with van der Waals surface area (Å²) in [6.45, 7) is 0. The molecule has 0 spiro atoms. The molecule has 7 nitrogen and oxygen atoms in total. The third-order valence-electron chi connectivity index (χ3n) is 4.26. The van der Waals surface area contributed by atoms with Crippen LogP contribution in [0.1, 0.15) is 26.3 Å². The molecule has 0 aliphatic heterocycles. The number of rotatable bonds is 7. The van der Waals surface area contributed by atoms with Gasteiger partial charge in [-0.2, -0.15) is 0 Å². The molecule has 0 aliphatic rings. The molecule has 156 valence electrons. The first-order valence-electron chi connectivity index (χ1n) is 9.00. The van der Waals surface area contributed by atoms with Crippen molar-refractivity contribution in [1.82, 2.24) is 0 Å². The van der Waals surface area contributed by atoms with Crippen molar-refractivity contribution < 1.29 is 24.0 Å². The van der Waals surface area contributed by atoms with Crippen molar-refractivity contribution in [2.45, 2.75) is 0 Å². The lowest BCUT2D eigenvalue weighted by Crippen LogP contribution is -2.11. The van der Waals surface area contributed by atoms with E-state index in [2.05, 4.69) is 15.9 Å². The van der Waals surface area contributed by atoms with Gasteiger partial charge in [-0.15, -0.1) is 0 Å². The van der Waals surface area contributed by atoms with Gasteiger partial charge in [0.25, 0.3) is 5.69 Å². The summed E-state index contributed by atoms with van der Waals surface area (Å²) < 4.78 is 11.3. The second-order valence-corrected chi connectivity index (χ2v) is 7.19. The molecule has 0 aromatic heterocycles. The predicted molar refractivity (Wildman–Crippen MR) is 119 cm³/mol. The summed E-state index contributed by atoms with van der Waals surface area (Å²) in [6, 6.07) is 17.0. The number of methoxy groups -OCH3 is 1. The third kappa shape index (κ3) is 5.43. The van der Waals surface area contributed by atoms with Gasteiger partial charge in [-0.1, -0.05) is 40.2 Å². The zero-order valence-electron chi connectivity index (χ0n) is 16.3. The number of ketones is 1. The number of non-ortho nitro benzene ring substituents is 1. The molecule has 31 heavy (non-hydrogen) atoms. The van der Waals surface area contributed by atoms with Crippen LogP contribution in [0.5, 0.6) is 11.5 Å². The molecule has 3 rings (SSSR count). The molecule has 0 unspecified atom stereocenters. The van der Waals surface area contributed by atoms with Gasteiger partial charge in [0.15, 0.2) is 5.78 Å². The van der Waals surface area contributed by atoms with E-state index < -0.39 is 16.7 Å². The lowest BCUT2D eigenvalue weighted by molar-refractivity contribution is -0.384. The SMILES string of the molecule is COc1ccccc1C=CC(=O)c1cc(Br)ccc1OC(=O)c1cccc([N+](=O)[O-])c1. The zero-order valence-corrected chi connectivity index (χ0v) is 17.9. The van der Waals surface area contributed by atoms with Crippen LogP contribution < -0.4 is 9.47 Å². The second kappa shape index (κ2) is 9.82. The van der Waals surface area contributed by atoms with E-state index in [-0.39, 0.29) is 22.6 Å². The fourth-order valence-electron chi connectivity index (χ4n) is 2.75. The number of nitrogens with zero attached hydrogens (tertiary/aromatic N) is 1. The van der Waals surface area contributed by atoms with Crippen molar-refractivity contribution in [3.63, 3.8) is 0 Å². The maximum absolute atomic E-state index is 12.8. The highest BCUT2D eigenvalue weighted by Gasteiger charge is 2.18. The smallest absolute Gasteiger partial charge is 0.343 e. The number of carbonyl (C=O) groups excluding carboxylic acids is 2. The number of benzene rings is 3. The summed E-state index contributed by atoms with van der Waals surface area (Å²) >= 11 is 3.31. The molecule has 0 N–H and O–H groups in total. The van der Waals surface area contributed by atoms with Gasteiger partial charge >= 0.3 is 5.97 Å². The fourth-order valence-corrected chi connectivity index (χ4v) is 3.11. The molecule has 0 radical (unpaired) electrons. The van der Waals surface area contributed by atoms with Gasteiger partial charge in [-0.05, 0) is 42.5 Å². The summed E-state index contributed by atoms with van der Waals surface area (Å²) in [7, 11) is 1.54. The average Bonchev–Trinajstić information content (AvgIpc) is 2.78. The molecule has 0 heterocycles. The molecule has 8 heteroatoms. The predicted octanol–water partition coefficient (Wildman–Crippen LogP) is 5.48. The minimum Gasteiger partial charge on any atom is -0.496 e. The van der Waals surface area contributed by atoms with Crippen LogP contribution in [-0.2, 0) is 0 Å². The molecule has 0 bridgehead atoms. The molecule has 0 amide bonds. The average molecular weight is 482 g/mol. The van der Waals surface area contributed by atoms with E-state index in [4.69, 9.17) is 9.47 Å². The Morgan fingerprint density at radius 1 is 1.00 bits per heavy atom. The number of allylic oxidation sites excluding steroid dienone is 1. The van der Waals surface area contributed by atoms with Gasteiger partial charge < -0.3 is 9.47 Å². The summed E-state index contributed by atoms with van der Waals surface area (Å²) in [5.74, 6) is -0.560. The minimum atomic E-state index is -0.811. The monoisotopic (exact) mass is 481 g/mol. The number of esters is 1.